The van der Waals surface area contributed by atoms with Crippen LogP contribution >= 0.6 is 0 Å². The van der Waals surface area contributed by atoms with E-state index in [9.17, 15) is 4.79 Å². The summed E-state index contributed by atoms with van der Waals surface area (Å²) in [5, 5.41) is 0.670. The molecule has 0 aliphatic rings. The molecule has 1 aromatic heterocycles. The van der Waals surface area contributed by atoms with Crippen molar-refractivity contribution in [3.8, 4) is 0 Å². The normalized spacial score (nSPS) is 10.6. The number of carbonyl (C=O) groups is 1. The number of nitrogen functional groups attached to an aromatic ring is 2. The molecule has 94 valence electrons. The highest BCUT2D eigenvalue weighted by atomic mass is 16.5. The SMILES string of the molecule is CCOC(=O)c1c(C)nc2ccc(N)cc2c1N. The predicted molar refractivity (Wildman–Crippen MR) is 71.3 cm³/mol. The summed E-state index contributed by atoms with van der Waals surface area (Å²) in [6.07, 6.45) is 0. The lowest BCUT2D eigenvalue weighted by atomic mass is 10.1. The van der Waals surface area contributed by atoms with Crippen LogP contribution in [0.3, 0.4) is 0 Å². The minimum absolute atomic E-state index is 0.298. The maximum atomic E-state index is 11.8. The average Bonchev–Trinajstić information content (AvgIpc) is 2.31. The van der Waals surface area contributed by atoms with Crippen LogP contribution in [0.5, 0.6) is 0 Å². The zero-order valence-electron chi connectivity index (χ0n) is 10.4. The minimum atomic E-state index is -0.454. The van der Waals surface area contributed by atoms with E-state index in [1.165, 1.54) is 0 Å². The summed E-state index contributed by atoms with van der Waals surface area (Å²) in [4.78, 5) is 16.2. The summed E-state index contributed by atoms with van der Waals surface area (Å²) in [7, 11) is 0. The van der Waals surface area contributed by atoms with E-state index >= 15 is 0 Å². The molecule has 5 heteroatoms. The number of fused-ring (bicyclic) bond motifs is 1. The monoisotopic (exact) mass is 245 g/mol. The Kier molecular flexibility index (Phi) is 3.06. The molecular weight excluding hydrogens is 230 g/mol. The van der Waals surface area contributed by atoms with Crippen molar-refractivity contribution >= 4 is 28.2 Å². The summed E-state index contributed by atoms with van der Waals surface area (Å²) < 4.78 is 4.98. The summed E-state index contributed by atoms with van der Waals surface area (Å²) >= 11 is 0. The summed E-state index contributed by atoms with van der Waals surface area (Å²) in [6, 6.07) is 5.24. The van der Waals surface area contributed by atoms with Crippen LogP contribution in [0.25, 0.3) is 10.9 Å². The highest BCUT2D eigenvalue weighted by molar-refractivity contribution is 6.05. The number of pyridine rings is 1. The Balaban J connectivity index is 2.70. The number of hydrogen-bond acceptors (Lipinski definition) is 5. The number of aromatic nitrogens is 1. The van der Waals surface area contributed by atoms with Crippen molar-refractivity contribution in [2.24, 2.45) is 0 Å². The van der Waals surface area contributed by atoms with Crippen LogP contribution in [0.15, 0.2) is 18.2 Å². The molecule has 0 saturated carbocycles. The Morgan fingerprint density at radius 1 is 1.39 bits per heavy atom. The molecule has 0 spiro atoms. The number of carbonyl (C=O) groups excluding carboxylic acids is 1. The zero-order chi connectivity index (χ0) is 13.3. The quantitative estimate of drug-likeness (QED) is 0.622. The molecule has 0 bridgehead atoms. The molecule has 5 nitrogen and oxygen atoms in total. The number of aryl methyl sites for hydroxylation is 1. The fraction of sp³-hybridized carbons (Fsp3) is 0.231. The van der Waals surface area contributed by atoms with Crippen molar-refractivity contribution in [1.82, 2.24) is 4.98 Å². The van der Waals surface area contributed by atoms with Crippen molar-refractivity contribution in [2.75, 3.05) is 18.1 Å². The molecule has 1 aromatic carbocycles. The van der Waals surface area contributed by atoms with E-state index < -0.39 is 5.97 Å². The van der Waals surface area contributed by atoms with Gasteiger partial charge in [-0.15, -0.1) is 0 Å². The lowest BCUT2D eigenvalue weighted by Crippen LogP contribution is -2.12. The Labute approximate surface area is 105 Å². The number of hydrogen-bond donors (Lipinski definition) is 2. The van der Waals surface area contributed by atoms with Gasteiger partial charge in [-0.25, -0.2) is 4.79 Å². The van der Waals surface area contributed by atoms with E-state index in [-0.39, 0.29) is 0 Å². The molecule has 0 aliphatic carbocycles. The topological polar surface area (TPSA) is 91.2 Å². The second-order valence-corrected chi connectivity index (χ2v) is 3.98. The van der Waals surface area contributed by atoms with E-state index in [1.807, 2.05) is 0 Å². The van der Waals surface area contributed by atoms with Gasteiger partial charge in [-0.2, -0.15) is 0 Å². The molecule has 18 heavy (non-hydrogen) atoms. The van der Waals surface area contributed by atoms with E-state index in [1.54, 1.807) is 32.0 Å². The minimum Gasteiger partial charge on any atom is -0.462 e. The standard InChI is InChI=1S/C13H15N3O2/c1-3-18-13(17)11-7(2)16-10-5-4-8(14)6-9(10)12(11)15/h4-6H,3,14H2,1-2H3,(H2,15,16). The second-order valence-electron chi connectivity index (χ2n) is 3.98. The first-order chi connectivity index (χ1) is 8.54. The van der Waals surface area contributed by atoms with Crippen LogP contribution in [0.1, 0.15) is 23.0 Å². The Hall–Kier alpha value is -2.30. The third-order valence-electron chi connectivity index (χ3n) is 2.71. The molecular formula is C13H15N3O2. The van der Waals surface area contributed by atoms with Crippen LogP contribution in [0.4, 0.5) is 11.4 Å². The molecule has 0 unspecified atom stereocenters. The van der Waals surface area contributed by atoms with Gasteiger partial charge in [0, 0.05) is 11.1 Å². The molecule has 4 N–H and O–H groups in total. The van der Waals surface area contributed by atoms with Crippen molar-refractivity contribution in [3.05, 3.63) is 29.5 Å². The highest BCUT2D eigenvalue weighted by Gasteiger charge is 2.18. The van der Waals surface area contributed by atoms with Crippen molar-refractivity contribution in [2.45, 2.75) is 13.8 Å². The van der Waals surface area contributed by atoms with Gasteiger partial charge in [0.1, 0.15) is 5.56 Å². The van der Waals surface area contributed by atoms with E-state index in [0.717, 1.165) is 0 Å². The molecule has 0 amide bonds. The first-order valence-corrected chi connectivity index (χ1v) is 5.67. The maximum Gasteiger partial charge on any atom is 0.342 e. The second kappa shape index (κ2) is 4.52. The lowest BCUT2D eigenvalue weighted by Gasteiger charge is -2.11. The van der Waals surface area contributed by atoms with Gasteiger partial charge in [0.25, 0.3) is 0 Å². The molecule has 0 saturated heterocycles. The van der Waals surface area contributed by atoms with E-state index in [4.69, 9.17) is 16.2 Å². The van der Waals surface area contributed by atoms with Crippen molar-refractivity contribution in [3.63, 3.8) is 0 Å². The Bertz CT molecular complexity index is 623. The maximum absolute atomic E-state index is 11.8. The molecule has 2 aromatic rings. The van der Waals surface area contributed by atoms with Gasteiger partial charge in [0.15, 0.2) is 0 Å². The van der Waals surface area contributed by atoms with Crippen molar-refractivity contribution < 1.29 is 9.53 Å². The van der Waals surface area contributed by atoms with Crippen LogP contribution in [0.2, 0.25) is 0 Å². The number of nitrogens with two attached hydrogens (primary N) is 2. The molecule has 0 fully saturated rings. The van der Waals surface area contributed by atoms with Crippen LogP contribution in [-0.2, 0) is 4.74 Å². The third-order valence-corrected chi connectivity index (χ3v) is 2.71. The smallest absolute Gasteiger partial charge is 0.342 e. The van der Waals surface area contributed by atoms with Gasteiger partial charge in [-0.3, -0.25) is 4.98 Å². The largest absolute Gasteiger partial charge is 0.462 e. The fourth-order valence-electron chi connectivity index (χ4n) is 1.89. The highest BCUT2D eigenvalue weighted by Crippen LogP contribution is 2.27. The number of ether oxygens (including phenoxy) is 1. The van der Waals surface area contributed by atoms with Gasteiger partial charge in [0.05, 0.1) is 23.5 Å². The zero-order valence-corrected chi connectivity index (χ0v) is 10.4. The number of anilines is 2. The van der Waals surface area contributed by atoms with Crippen LogP contribution in [-0.4, -0.2) is 17.6 Å². The fourth-order valence-corrected chi connectivity index (χ4v) is 1.89. The molecule has 0 atom stereocenters. The van der Waals surface area contributed by atoms with E-state index in [0.29, 0.717) is 40.1 Å². The number of nitrogens with zero attached hydrogens (tertiary/aromatic N) is 1. The molecule has 0 radical (unpaired) electrons. The predicted octanol–water partition coefficient (Wildman–Crippen LogP) is 1.88. The Morgan fingerprint density at radius 2 is 2.11 bits per heavy atom. The summed E-state index contributed by atoms with van der Waals surface area (Å²) in [6.45, 7) is 3.78. The third kappa shape index (κ3) is 1.95. The first kappa shape index (κ1) is 12.2. The number of rotatable bonds is 2. The van der Waals surface area contributed by atoms with Gasteiger partial charge >= 0.3 is 5.97 Å². The summed E-state index contributed by atoms with van der Waals surface area (Å²) in [5.41, 5.74) is 14.3. The van der Waals surface area contributed by atoms with Gasteiger partial charge in [-0.1, -0.05) is 0 Å². The van der Waals surface area contributed by atoms with Crippen LogP contribution < -0.4 is 11.5 Å². The molecule has 0 aliphatic heterocycles. The number of esters is 1. The van der Waals surface area contributed by atoms with Gasteiger partial charge < -0.3 is 16.2 Å². The first-order valence-electron chi connectivity index (χ1n) is 5.67. The number of benzene rings is 1. The van der Waals surface area contributed by atoms with Crippen molar-refractivity contribution in [1.29, 1.82) is 0 Å². The van der Waals surface area contributed by atoms with E-state index in [2.05, 4.69) is 4.98 Å². The van der Waals surface area contributed by atoms with Gasteiger partial charge in [0.2, 0.25) is 0 Å². The lowest BCUT2D eigenvalue weighted by molar-refractivity contribution is 0.0526. The van der Waals surface area contributed by atoms with Gasteiger partial charge in [-0.05, 0) is 32.0 Å². The summed E-state index contributed by atoms with van der Waals surface area (Å²) in [5.74, 6) is -0.454. The average molecular weight is 245 g/mol. The molecule has 1 heterocycles. The van der Waals surface area contributed by atoms with Crippen LogP contribution in [0, 0.1) is 6.92 Å². The Morgan fingerprint density at radius 3 is 2.78 bits per heavy atom. The molecule has 2 rings (SSSR count).